The molecule has 4 rings (SSSR count). The summed E-state index contributed by atoms with van der Waals surface area (Å²) in [6.07, 6.45) is 10.1. The third-order valence-electron chi connectivity index (χ3n) is 6.76. The number of hydrogen-bond donors (Lipinski definition) is 1. The molecule has 29 heavy (non-hydrogen) atoms. The Labute approximate surface area is 174 Å². The minimum Gasteiger partial charge on any atom is -0.351 e. The number of nitrogens with zero attached hydrogens (tertiary/aromatic N) is 2. The van der Waals surface area contributed by atoms with Crippen LogP contribution >= 0.6 is 0 Å². The first-order chi connectivity index (χ1) is 14.1. The van der Waals surface area contributed by atoms with Gasteiger partial charge in [0.05, 0.1) is 4.90 Å². The SMILES string of the molecule is O=C(NC1CCN(C2CCCCCC2)C1)C1CCCN1S(=O)(=O)c1ccccc1. The van der Waals surface area contributed by atoms with Crippen LogP contribution in [-0.4, -0.2) is 61.3 Å². The zero-order chi connectivity index (χ0) is 20.3. The second-order valence-corrected chi connectivity index (χ2v) is 10.6. The molecule has 6 nitrogen and oxygen atoms in total. The average Bonchev–Trinajstić information content (AvgIpc) is 3.33. The van der Waals surface area contributed by atoms with Gasteiger partial charge in [0.25, 0.3) is 0 Å². The van der Waals surface area contributed by atoms with Gasteiger partial charge in [-0.3, -0.25) is 9.69 Å². The number of likely N-dealkylation sites (tertiary alicyclic amines) is 1. The van der Waals surface area contributed by atoms with Gasteiger partial charge in [0.1, 0.15) is 6.04 Å². The van der Waals surface area contributed by atoms with Crippen LogP contribution in [0.2, 0.25) is 0 Å². The van der Waals surface area contributed by atoms with Crippen molar-refractivity contribution in [2.45, 2.75) is 80.8 Å². The molecule has 0 aromatic heterocycles. The second-order valence-electron chi connectivity index (χ2n) is 8.72. The lowest BCUT2D eigenvalue weighted by atomic mass is 10.1. The highest BCUT2D eigenvalue weighted by Gasteiger charge is 2.40. The molecule has 1 amide bonds. The van der Waals surface area contributed by atoms with E-state index in [1.54, 1.807) is 30.3 Å². The first kappa shape index (κ1) is 20.8. The van der Waals surface area contributed by atoms with Gasteiger partial charge in [-0.2, -0.15) is 4.31 Å². The second kappa shape index (κ2) is 9.14. The molecular formula is C22H33N3O3S. The Morgan fingerprint density at radius 2 is 1.62 bits per heavy atom. The van der Waals surface area contributed by atoms with Crippen LogP contribution in [0.15, 0.2) is 35.2 Å². The van der Waals surface area contributed by atoms with Crippen LogP contribution in [0.4, 0.5) is 0 Å². The minimum atomic E-state index is -3.64. The van der Waals surface area contributed by atoms with Crippen molar-refractivity contribution in [1.29, 1.82) is 0 Å². The third-order valence-corrected chi connectivity index (χ3v) is 8.69. The van der Waals surface area contributed by atoms with Gasteiger partial charge in [0.15, 0.2) is 0 Å². The van der Waals surface area contributed by atoms with Gasteiger partial charge in [-0.1, -0.05) is 43.9 Å². The molecule has 3 fully saturated rings. The molecule has 0 bridgehead atoms. The molecule has 2 heterocycles. The maximum absolute atomic E-state index is 13.0. The Morgan fingerprint density at radius 1 is 0.897 bits per heavy atom. The Morgan fingerprint density at radius 3 is 2.34 bits per heavy atom. The molecule has 1 saturated carbocycles. The van der Waals surface area contributed by atoms with E-state index in [9.17, 15) is 13.2 Å². The van der Waals surface area contributed by atoms with E-state index >= 15 is 0 Å². The molecule has 2 atom stereocenters. The van der Waals surface area contributed by atoms with E-state index in [2.05, 4.69) is 10.2 Å². The number of carbonyl (C=O) groups is 1. The van der Waals surface area contributed by atoms with Gasteiger partial charge in [0, 0.05) is 31.7 Å². The van der Waals surface area contributed by atoms with Crippen LogP contribution < -0.4 is 5.32 Å². The van der Waals surface area contributed by atoms with E-state index in [0.717, 1.165) is 25.9 Å². The molecule has 2 saturated heterocycles. The van der Waals surface area contributed by atoms with Crippen molar-refractivity contribution < 1.29 is 13.2 Å². The van der Waals surface area contributed by atoms with Gasteiger partial charge in [-0.15, -0.1) is 0 Å². The van der Waals surface area contributed by atoms with Crippen molar-refractivity contribution in [1.82, 2.24) is 14.5 Å². The van der Waals surface area contributed by atoms with Crippen LogP contribution in [0.1, 0.15) is 57.8 Å². The largest absolute Gasteiger partial charge is 0.351 e. The molecule has 1 aliphatic carbocycles. The molecule has 2 unspecified atom stereocenters. The number of hydrogen-bond acceptors (Lipinski definition) is 4. The minimum absolute atomic E-state index is 0.130. The number of rotatable bonds is 5. The van der Waals surface area contributed by atoms with Crippen LogP contribution in [0, 0.1) is 0 Å². The number of carbonyl (C=O) groups excluding carboxylic acids is 1. The average molecular weight is 420 g/mol. The van der Waals surface area contributed by atoms with Gasteiger partial charge < -0.3 is 5.32 Å². The Hall–Kier alpha value is -1.44. The maximum atomic E-state index is 13.0. The van der Waals surface area contributed by atoms with E-state index in [1.165, 1.54) is 42.8 Å². The lowest BCUT2D eigenvalue weighted by Gasteiger charge is -2.27. The van der Waals surface area contributed by atoms with Gasteiger partial charge in [-0.25, -0.2) is 8.42 Å². The smallest absolute Gasteiger partial charge is 0.243 e. The highest BCUT2D eigenvalue weighted by Crippen LogP contribution is 2.28. The number of benzene rings is 1. The van der Waals surface area contributed by atoms with Crippen molar-refractivity contribution >= 4 is 15.9 Å². The van der Waals surface area contributed by atoms with E-state index in [0.29, 0.717) is 19.0 Å². The fourth-order valence-corrected chi connectivity index (χ4v) is 6.85. The summed E-state index contributed by atoms with van der Waals surface area (Å²) in [7, 11) is -3.64. The van der Waals surface area contributed by atoms with Crippen LogP contribution in [0.25, 0.3) is 0 Å². The highest BCUT2D eigenvalue weighted by atomic mass is 32.2. The summed E-state index contributed by atoms with van der Waals surface area (Å²) in [5.74, 6) is -0.130. The quantitative estimate of drug-likeness (QED) is 0.745. The molecule has 2 aliphatic heterocycles. The third kappa shape index (κ3) is 4.67. The van der Waals surface area contributed by atoms with Crippen LogP contribution in [0.3, 0.4) is 0 Å². The Balaban J connectivity index is 1.37. The molecule has 160 valence electrons. The standard InChI is InChI=1S/C22H33N3O3S/c26-22(23-18-14-16-24(17-18)19-9-4-1-2-5-10-19)21-13-8-15-25(21)29(27,28)20-11-6-3-7-12-20/h3,6-7,11-12,18-19,21H,1-2,4-5,8-10,13-17H2,(H,23,26). The summed E-state index contributed by atoms with van der Waals surface area (Å²) >= 11 is 0. The Kier molecular flexibility index (Phi) is 6.56. The van der Waals surface area contributed by atoms with Crippen LogP contribution in [0.5, 0.6) is 0 Å². The van der Waals surface area contributed by atoms with Gasteiger partial charge >= 0.3 is 0 Å². The molecule has 1 aromatic carbocycles. The monoisotopic (exact) mass is 419 g/mol. The summed E-state index contributed by atoms with van der Waals surface area (Å²) in [5, 5.41) is 3.17. The van der Waals surface area contributed by atoms with Crippen molar-refractivity contribution in [3.63, 3.8) is 0 Å². The van der Waals surface area contributed by atoms with Gasteiger partial charge in [-0.05, 0) is 44.2 Å². The molecule has 0 radical (unpaired) electrons. The highest BCUT2D eigenvalue weighted by molar-refractivity contribution is 7.89. The van der Waals surface area contributed by atoms with Crippen LogP contribution in [-0.2, 0) is 14.8 Å². The first-order valence-corrected chi connectivity index (χ1v) is 12.6. The number of nitrogens with one attached hydrogen (secondary N) is 1. The fourth-order valence-electron chi connectivity index (χ4n) is 5.17. The summed E-state index contributed by atoms with van der Waals surface area (Å²) in [4.78, 5) is 15.8. The molecule has 0 spiro atoms. The van der Waals surface area contributed by atoms with Crippen molar-refractivity contribution in [2.24, 2.45) is 0 Å². The Bertz CT molecular complexity index is 791. The van der Waals surface area contributed by atoms with E-state index in [1.807, 2.05) is 0 Å². The number of amides is 1. The maximum Gasteiger partial charge on any atom is 0.243 e. The van der Waals surface area contributed by atoms with Crippen molar-refractivity contribution in [3.05, 3.63) is 30.3 Å². The summed E-state index contributed by atoms with van der Waals surface area (Å²) < 4.78 is 27.4. The molecule has 3 aliphatic rings. The molecule has 1 aromatic rings. The van der Waals surface area contributed by atoms with Gasteiger partial charge in [0.2, 0.25) is 15.9 Å². The van der Waals surface area contributed by atoms with E-state index in [-0.39, 0.29) is 16.8 Å². The van der Waals surface area contributed by atoms with Crippen molar-refractivity contribution in [3.8, 4) is 0 Å². The van der Waals surface area contributed by atoms with Crippen molar-refractivity contribution in [2.75, 3.05) is 19.6 Å². The fraction of sp³-hybridized carbons (Fsp3) is 0.682. The van der Waals surface area contributed by atoms with E-state index in [4.69, 9.17) is 0 Å². The first-order valence-electron chi connectivity index (χ1n) is 11.2. The number of sulfonamides is 1. The predicted molar refractivity (Wildman–Crippen MR) is 113 cm³/mol. The lowest BCUT2D eigenvalue weighted by molar-refractivity contribution is -0.124. The summed E-state index contributed by atoms with van der Waals surface area (Å²) in [5.41, 5.74) is 0. The normalized spacial score (nSPS) is 27.7. The predicted octanol–water partition coefficient (Wildman–Crippen LogP) is 2.75. The zero-order valence-electron chi connectivity index (χ0n) is 17.1. The summed E-state index contributed by atoms with van der Waals surface area (Å²) in [6.45, 7) is 2.34. The molecule has 7 heteroatoms. The topological polar surface area (TPSA) is 69.7 Å². The zero-order valence-corrected chi connectivity index (χ0v) is 17.9. The molecule has 1 N–H and O–H groups in total. The lowest BCUT2D eigenvalue weighted by Crippen LogP contribution is -2.49. The summed E-state index contributed by atoms with van der Waals surface area (Å²) in [6, 6.07) is 8.64. The van der Waals surface area contributed by atoms with E-state index < -0.39 is 16.1 Å². The molecular weight excluding hydrogens is 386 g/mol.